The predicted molar refractivity (Wildman–Crippen MR) is 116 cm³/mol. The van der Waals surface area contributed by atoms with E-state index in [9.17, 15) is 0 Å². The van der Waals surface area contributed by atoms with Gasteiger partial charge >= 0.3 is 0 Å². The molecule has 0 radical (unpaired) electrons. The molecule has 2 aliphatic rings. The van der Waals surface area contributed by atoms with Crippen LogP contribution in [-0.4, -0.2) is 24.9 Å². The molecule has 5 nitrogen and oxygen atoms in total. The Morgan fingerprint density at radius 3 is 2.57 bits per heavy atom. The van der Waals surface area contributed by atoms with E-state index in [4.69, 9.17) is 19.3 Å². The van der Waals surface area contributed by atoms with Crippen LogP contribution in [0.15, 0.2) is 71.8 Å². The fraction of sp³-hybridized carbons (Fsp3) is 0.240. The summed E-state index contributed by atoms with van der Waals surface area (Å²) in [5, 5.41) is 7.11. The molecule has 0 spiro atoms. The van der Waals surface area contributed by atoms with E-state index in [2.05, 4.69) is 48.3 Å². The molecule has 0 aromatic heterocycles. The van der Waals surface area contributed by atoms with Gasteiger partial charge in [0, 0.05) is 17.5 Å². The normalized spacial score (nSPS) is 19.4. The molecular weight excluding hydrogens is 376 g/mol. The predicted octanol–water partition coefficient (Wildman–Crippen LogP) is 5.25. The number of aryl methyl sites for hydroxylation is 1. The van der Waals surface area contributed by atoms with Gasteiger partial charge in [-0.15, -0.1) is 0 Å². The van der Waals surface area contributed by atoms with Crippen LogP contribution in [0.2, 0.25) is 0 Å². The highest BCUT2D eigenvalue weighted by molar-refractivity contribution is 6.02. The minimum absolute atomic E-state index is 0.128. The van der Waals surface area contributed by atoms with E-state index in [0.717, 1.165) is 29.0 Å². The first-order valence-corrected chi connectivity index (χ1v) is 10.1. The van der Waals surface area contributed by atoms with Crippen molar-refractivity contribution in [2.24, 2.45) is 5.10 Å². The number of benzene rings is 3. The summed E-state index contributed by atoms with van der Waals surface area (Å²) in [6, 6.07) is 22.8. The van der Waals surface area contributed by atoms with E-state index >= 15 is 0 Å². The lowest BCUT2D eigenvalue weighted by Gasteiger charge is -2.38. The average molecular weight is 400 g/mol. The molecule has 5 rings (SSSR count). The quantitative estimate of drug-likeness (QED) is 0.600. The van der Waals surface area contributed by atoms with Gasteiger partial charge in [0.15, 0.2) is 11.5 Å². The Balaban J connectivity index is 1.59. The van der Waals surface area contributed by atoms with E-state index in [1.165, 1.54) is 11.1 Å². The maximum absolute atomic E-state index is 6.44. The SMILES string of the molecule is COc1ccc([C@@H]2Oc3ccccc3[C@@H]3CC(c4cccc(C)c4)=NN32)cc1OC. The second-order valence-corrected chi connectivity index (χ2v) is 7.64. The van der Waals surface area contributed by atoms with Gasteiger partial charge in [0.1, 0.15) is 5.75 Å². The number of methoxy groups -OCH3 is 2. The molecule has 0 amide bonds. The first-order chi connectivity index (χ1) is 14.7. The average Bonchev–Trinajstić information content (AvgIpc) is 3.24. The van der Waals surface area contributed by atoms with E-state index in [0.29, 0.717) is 11.5 Å². The molecule has 152 valence electrons. The van der Waals surface area contributed by atoms with Gasteiger partial charge in [-0.05, 0) is 36.8 Å². The first-order valence-electron chi connectivity index (χ1n) is 10.1. The number of hydrogen-bond acceptors (Lipinski definition) is 5. The van der Waals surface area contributed by atoms with Crippen LogP contribution in [0.25, 0.3) is 0 Å². The van der Waals surface area contributed by atoms with Gasteiger partial charge in [0.05, 0.1) is 26.0 Å². The molecule has 2 heterocycles. The molecule has 0 N–H and O–H groups in total. The third-order valence-electron chi connectivity index (χ3n) is 5.74. The third-order valence-corrected chi connectivity index (χ3v) is 5.74. The first kappa shape index (κ1) is 18.6. The summed E-state index contributed by atoms with van der Waals surface area (Å²) in [5.41, 5.74) is 5.61. The van der Waals surface area contributed by atoms with Crippen LogP contribution in [0.3, 0.4) is 0 Å². The third kappa shape index (κ3) is 3.07. The summed E-state index contributed by atoms with van der Waals surface area (Å²) in [5.74, 6) is 2.27. The smallest absolute Gasteiger partial charge is 0.214 e. The lowest BCUT2D eigenvalue weighted by atomic mass is 9.95. The molecular formula is C25H24N2O3. The second kappa shape index (κ2) is 7.41. The Kier molecular flexibility index (Phi) is 4.58. The van der Waals surface area contributed by atoms with Crippen molar-refractivity contribution in [2.75, 3.05) is 14.2 Å². The summed E-state index contributed by atoms with van der Waals surface area (Å²) in [6.45, 7) is 2.11. The molecule has 0 saturated heterocycles. The minimum atomic E-state index is -0.341. The number of hydrogen-bond donors (Lipinski definition) is 0. The topological polar surface area (TPSA) is 43.3 Å². The van der Waals surface area contributed by atoms with Crippen LogP contribution in [0.4, 0.5) is 0 Å². The molecule has 2 atom stereocenters. The van der Waals surface area contributed by atoms with Crippen LogP contribution in [-0.2, 0) is 0 Å². The van der Waals surface area contributed by atoms with Gasteiger partial charge in [-0.3, -0.25) is 0 Å². The summed E-state index contributed by atoms with van der Waals surface area (Å²) in [4.78, 5) is 0. The van der Waals surface area contributed by atoms with Crippen LogP contribution in [0.5, 0.6) is 17.2 Å². The number of hydrazone groups is 1. The number of rotatable bonds is 4. The van der Waals surface area contributed by atoms with Crippen molar-refractivity contribution in [2.45, 2.75) is 25.6 Å². The number of nitrogens with zero attached hydrogens (tertiary/aromatic N) is 2. The van der Waals surface area contributed by atoms with E-state index in [1.54, 1.807) is 14.2 Å². The highest BCUT2D eigenvalue weighted by Crippen LogP contribution is 2.48. The van der Waals surface area contributed by atoms with Crippen molar-refractivity contribution >= 4 is 5.71 Å². The highest BCUT2D eigenvalue weighted by Gasteiger charge is 2.41. The number of fused-ring (bicyclic) bond motifs is 3. The standard InChI is InChI=1S/C25H24N2O3/c1-16-7-6-8-17(13-16)20-15-21-19-9-4-5-10-22(19)30-25(27(21)26-20)18-11-12-23(28-2)24(14-18)29-3/h4-14,21,25H,15H2,1-3H3/t21-,25-/m0/s1. The number of ether oxygens (including phenoxy) is 3. The summed E-state index contributed by atoms with van der Waals surface area (Å²) in [7, 11) is 3.28. The van der Waals surface area contributed by atoms with Gasteiger partial charge in [-0.1, -0.05) is 48.0 Å². The zero-order valence-electron chi connectivity index (χ0n) is 17.3. The molecule has 30 heavy (non-hydrogen) atoms. The van der Waals surface area contributed by atoms with Crippen molar-refractivity contribution in [3.63, 3.8) is 0 Å². The summed E-state index contributed by atoms with van der Waals surface area (Å²) >= 11 is 0. The molecule has 5 heteroatoms. The van der Waals surface area contributed by atoms with Gasteiger partial charge in [-0.2, -0.15) is 5.10 Å². The molecule has 0 aliphatic carbocycles. The molecule has 0 fully saturated rings. The molecule has 3 aromatic rings. The van der Waals surface area contributed by atoms with Crippen molar-refractivity contribution in [3.05, 3.63) is 89.0 Å². The highest BCUT2D eigenvalue weighted by atomic mass is 16.5. The Bertz CT molecular complexity index is 1120. The maximum atomic E-state index is 6.44. The van der Waals surface area contributed by atoms with E-state index < -0.39 is 0 Å². The van der Waals surface area contributed by atoms with Crippen LogP contribution in [0.1, 0.15) is 40.9 Å². The Morgan fingerprint density at radius 2 is 1.77 bits per heavy atom. The van der Waals surface area contributed by atoms with Crippen LogP contribution >= 0.6 is 0 Å². The van der Waals surface area contributed by atoms with Gasteiger partial charge in [-0.25, -0.2) is 5.01 Å². The Hall–Kier alpha value is -3.47. The molecule has 0 saturated carbocycles. The molecule has 2 aliphatic heterocycles. The summed E-state index contributed by atoms with van der Waals surface area (Å²) < 4.78 is 17.4. The Morgan fingerprint density at radius 1 is 0.933 bits per heavy atom. The monoisotopic (exact) mass is 400 g/mol. The summed E-state index contributed by atoms with van der Waals surface area (Å²) in [6.07, 6.45) is 0.500. The maximum Gasteiger partial charge on any atom is 0.214 e. The second-order valence-electron chi connectivity index (χ2n) is 7.64. The molecule has 0 bridgehead atoms. The van der Waals surface area contributed by atoms with Gasteiger partial charge < -0.3 is 14.2 Å². The van der Waals surface area contributed by atoms with Gasteiger partial charge in [0.2, 0.25) is 6.23 Å². The van der Waals surface area contributed by atoms with Crippen molar-refractivity contribution in [1.29, 1.82) is 0 Å². The number of para-hydroxylation sites is 1. The van der Waals surface area contributed by atoms with Crippen LogP contribution in [0, 0.1) is 6.92 Å². The Labute approximate surface area is 176 Å². The minimum Gasteiger partial charge on any atom is -0.493 e. The lowest BCUT2D eigenvalue weighted by Crippen LogP contribution is -2.33. The zero-order chi connectivity index (χ0) is 20.7. The molecule has 0 unspecified atom stereocenters. The van der Waals surface area contributed by atoms with Crippen molar-refractivity contribution < 1.29 is 14.2 Å². The largest absolute Gasteiger partial charge is 0.493 e. The molecule has 3 aromatic carbocycles. The van der Waals surface area contributed by atoms with Gasteiger partial charge in [0.25, 0.3) is 0 Å². The zero-order valence-corrected chi connectivity index (χ0v) is 17.3. The fourth-order valence-electron chi connectivity index (χ4n) is 4.26. The van der Waals surface area contributed by atoms with Crippen LogP contribution < -0.4 is 14.2 Å². The fourth-order valence-corrected chi connectivity index (χ4v) is 4.26. The van der Waals surface area contributed by atoms with Crippen molar-refractivity contribution in [3.8, 4) is 17.2 Å². The van der Waals surface area contributed by atoms with E-state index in [-0.39, 0.29) is 12.3 Å². The van der Waals surface area contributed by atoms with Crippen molar-refractivity contribution in [1.82, 2.24) is 5.01 Å². The van der Waals surface area contributed by atoms with E-state index in [1.807, 2.05) is 30.3 Å². The lowest BCUT2D eigenvalue weighted by molar-refractivity contribution is -0.0191.